The highest BCUT2D eigenvalue weighted by Crippen LogP contribution is 2.29. The molecular formula is C21H23BrN2O3. The Hall–Kier alpha value is -2.08. The minimum absolute atomic E-state index is 0.0644. The number of halogens is 1. The molecule has 1 N–H and O–H groups in total. The summed E-state index contributed by atoms with van der Waals surface area (Å²) < 4.78 is 6.86. The first-order valence-corrected chi connectivity index (χ1v) is 10.3. The number of nitrogens with one attached hydrogen (secondary N) is 1. The normalized spacial score (nSPS) is 20.4. The van der Waals surface area contributed by atoms with Crippen molar-refractivity contribution in [2.75, 3.05) is 6.54 Å². The number of furan rings is 1. The van der Waals surface area contributed by atoms with E-state index in [0.717, 1.165) is 28.6 Å². The number of rotatable bonds is 5. The maximum Gasteiger partial charge on any atom is 0.225 e. The Morgan fingerprint density at radius 2 is 1.89 bits per heavy atom. The highest BCUT2D eigenvalue weighted by molar-refractivity contribution is 9.10. The first kappa shape index (κ1) is 18.3. The Kier molecular flexibility index (Phi) is 5.34. The SMILES string of the molecule is O=C(NCc1ccc(-c2ccc(Br)cc2)o1)[C@H]1CC(=O)N(C2CCCC2)C1. The van der Waals surface area contributed by atoms with Crippen molar-refractivity contribution >= 4 is 27.7 Å². The second kappa shape index (κ2) is 7.89. The van der Waals surface area contributed by atoms with Crippen LogP contribution in [-0.4, -0.2) is 29.3 Å². The molecule has 142 valence electrons. The van der Waals surface area contributed by atoms with Crippen molar-refractivity contribution in [3.05, 3.63) is 46.6 Å². The molecule has 2 heterocycles. The highest BCUT2D eigenvalue weighted by atomic mass is 79.9. The summed E-state index contributed by atoms with van der Waals surface area (Å²) in [5.74, 6) is 1.29. The number of hydrogen-bond acceptors (Lipinski definition) is 3. The first-order chi connectivity index (χ1) is 13.1. The third kappa shape index (κ3) is 4.10. The number of amides is 2. The molecule has 1 saturated heterocycles. The van der Waals surface area contributed by atoms with E-state index in [1.807, 2.05) is 41.3 Å². The van der Waals surface area contributed by atoms with Gasteiger partial charge in [0.1, 0.15) is 11.5 Å². The van der Waals surface area contributed by atoms with Gasteiger partial charge in [0.05, 0.1) is 12.5 Å². The van der Waals surface area contributed by atoms with Crippen LogP contribution in [0, 0.1) is 5.92 Å². The quantitative estimate of drug-likeness (QED) is 0.775. The fourth-order valence-corrected chi connectivity index (χ4v) is 4.30. The van der Waals surface area contributed by atoms with Crippen molar-refractivity contribution in [3.8, 4) is 11.3 Å². The standard InChI is InChI=1S/C21H23BrN2O3/c22-16-7-5-14(6-8-16)19-10-9-18(27-19)12-23-21(26)15-11-20(25)24(13-15)17-3-1-2-4-17/h5-10,15,17H,1-4,11-13H2,(H,23,26)/t15-/m0/s1. The third-order valence-electron chi connectivity index (χ3n) is 5.52. The molecule has 0 radical (unpaired) electrons. The van der Waals surface area contributed by atoms with Crippen LogP contribution in [0.15, 0.2) is 45.3 Å². The molecule has 1 aliphatic carbocycles. The maximum atomic E-state index is 12.5. The summed E-state index contributed by atoms with van der Waals surface area (Å²) in [4.78, 5) is 26.7. The number of benzene rings is 1. The Labute approximate surface area is 167 Å². The van der Waals surface area contributed by atoms with Crippen LogP contribution >= 0.6 is 15.9 Å². The second-order valence-electron chi connectivity index (χ2n) is 7.38. The van der Waals surface area contributed by atoms with E-state index < -0.39 is 0 Å². The lowest BCUT2D eigenvalue weighted by Crippen LogP contribution is -2.36. The first-order valence-electron chi connectivity index (χ1n) is 9.52. The smallest absolute Gasteiger partial charge is 0.225 e. The van der Waals surface area contributed by atoms with E-state index in [2.05, 4.69) is 21.2 Å². The Bertz CT molecular complexity index is 824. The zero-order chi connectivity index (χ0) is 18.8. The van der Waals surface area contributed by atoms with E-state index in [-0.39, 0.29) is 17.7 Å². The molecule has 27 heavy (non-hydrogen) atoms. The molecule has 1 saturated carbocycles. The summed E-state index contributed by atoms with van der Waals surface area (Å²) in [7, 11) is 0. The van der Waals surface area contributed by atoms with Crippen molar-refractivity contribution in [2.45, 2.75) is 44.7 Å². The minimum atomic E-state index is -0.251. The second-order valence-corrected chi connectivity index (χ2v) is 8.29. The Morgan fingerprint density at radius 1 is 1.15 bits per heavy atom. The fraction of sp³-hybridized carbons (Fsp3) is 0.429. The topological polar surface area (TPSA) is 62.6 Å². The van der Waals surface area contributed by atoms with Gasteiger partial charge >= 0.3 is 0 Å². The molecule has 4 rings (SSSR count). The van der Waals surface area contributed by atoms with Gasteiger partial charge in [0.25, 0.3) is 0 Å². The number of likely N-dealkylation sites (tertiary alicyclic amines) is 1. The van der Waals surface area contributed by atoms with E-state index in [1.54, 1.807) is 0 Å². The van der Waals surface area contributed by atoms with E-state index >= 15 is 0 Å². The summed E-state index contributed by atoms with van der Waals surface area (Å²) in [6.45, 7) is 0.890. The fourth-order valence-electron chi connectivity index (χ4n) is 4.04. The molecule has 2 amide bonds. The number of carbonyl (C=O) groups excluding carboxylic acids is 2. The molecule has 0 spiro atoms. The highest BCUT2D eigenvalue weighted by Gasteiger charge is 2.38. The van der Waals surface area contributed by atoms with Gasteiger partial charge in [-0.2, -0.15) is 0 Å². The predicted octanol–water partition coefficient (Wildman–Crippen LogP) is 4.12. The Morgan fingerprint density at radius 3 is 2.63 bits per heavy atom. The van der Waals surface area contributed by atoms with Crippen LogP contribution in [0.25, 0.3) is 11.3 Å². The largest absolute Gasteiger partial charge is 0.459 e. The molecule has 2 aromatic rings. The minimum Gasteiger partial charge on any atom is -0.459 e. The van der Waals surface area contributed by atoms with Gasteiger partial charge in [0.2, 0.25) is 11.8 Å². The summed E-state index contributed by atoms with van der Waals surface area (Å²) in [5, 5.41) is 2.93. The van der Waals surface area contributed by atoms with Crippen molar-refractivity contribution in [2.24, 2.45) is 5.92 Å². The lowest BCUT2D eigenvalue weighted by atomic mass is 10.1. The molecule has 0 bridgehead atoms. The lowest BCUT2D eigenvalue weighted by Gasteiger charge is -2.23. The van der Waals surface area contributed by atoms with Gasteiger partial charge in [-0.1, -0.05) is 40.9 Å². The van der Waals surface area contributed by atoms with Gasteiger partial charge in [-0.05, 0) is 37.1 Å². The van der Waals surface area contributed by atoms with E-state index in [0.29, 0.717) is 31.3 Å². The van der Waals surface area contributed by atoms with Gasteiger partial charge < -0.3 is 14.6 Å². The maximum absolute atomic E-state index is 12.5. The molecule has 5 nitrogen and oxygen atoms in total. The van der Waals surface area contributed by atoms with Gasteiger partial charge in [-0.15, -0.1) is 0 Å². The van der Waals surface area contributed by atoms with Crippen molar-refractivity contribution in [3.63, 3.8) is 0 Å². The Balaban J connectivity index is 1.32. The monoisotopic (exact) mass is 430 g/mol. The van der Waals surface area contributed by atoms with Crippen molar-refractivity contribution < 1.29 is 14.0 Å². The lowest BCUT2D eigenvalue weighted by molar-refractivity contribution is -0.130. The van der Waals surface area contributed by atoms with Crippen molar-refractivity contribution in [1.29, 1.82) is 0 Å². The van der Waals surface area contributed by atoms with E-state index in [1.165, 1.54) is 12.8 Å². The average molecular weight is 431 g/mol. The number of nitrogens with zero attached hydrogens (tertiary/aromatic N) is 1. The summed E-state index contributed by atoms with van der Waals surface area (Å²) in [6, 6.07) is 12.0. The van der Waals surface area contributed by atoms with Gasteiger partial charge in [0, 0.05) is 29.0 Å². The number of carbonyl (C=O) groups is 2. The van der Waals surface area contributed by atoms with Crippen LogP contribution in [0.5, 0.6) is 0 Å². The van der Waals surface area contributed by atoms with Gasteiger partial charge in [-0.25, -0.2) is 0 Å². The molecule has 1 aromatic carbocycles. The molecule has 1 aliphatic heterocycles. The zero-order valence-electron chi connectivity index (χ0n) is 15.1. The van der Waals surface area contributed by atoms with Crippen LogP contribution in [-0.2, 0) is 16.1 Å². The van der Waals surface area contributed by atoms with Crippen molar-refractivity contribution in [1.82, 2.24) is 10.2 Å². The van der Waals surface area contributed by atoms with Crippen LogP contribution in [0.2, 0.25) is 0 Å². The molecule has 2 fully saturated rings. The number of hydrogen-bond donors (Lipinski definition) is 1. The molecule has 1 atom stereocenters. The predicted molar refractivity (Wildman–Crippen MR) is 106 cm³/mol. The third-order valence-corrected chi connectivity index (χ3v) is 6.05. The molecule has 6 heteroatoms. The molecule has 2 aliphatic rings. The molecule has 1 aromatic heterocycles. The molecular weight excluding hydrogens is 408 g/mol. The summed E-state index contributed by atoms with van der Waals surface area (Å²) >= 11 is 3.42. The average Bonchev–Trinajstić information content (AvgIpc) is 3.41. The zero-order valence-corrected chi connectivity index (χ0v) is 16.7. The van der Waals surface area contributed by atoms with Crippen LogP contribution in [0.4, 0.5) is 0 Å². The van der Waals surface area contributed by atoms with Crippen LogP contribution in [0.3, 0.4) is 0 Å². The van der Waals surface area contributed by atoms with Gasteiger partial charge in [0.15, 0.2) is 0 Å². The summed E-state index contributed by atoms with van der Waals surface area (Å²) in [6.07, 6.45) is 4.84. The molecule has 0 unspecified atom stereocenters. The van der Waals surface area contributed by atoms with Crippen LogP contribution in [0.1, 0.15) is 37.9 Å². The van der Waals surface area contributed by atoms with E-state index in [4.69, 9.17) is 4.42 Å². The summed E-state index contributed by atoms with van der Waals surface area (Å²) in [5.41, 5.74) is 0.990. The van der Waals surface area contributed by atoms with Gasteiger partial charge in [-0.3, -0.25) is 9.59 Å². The van der Waals surface area contributed by atoms with E-state index in [9.17, 15) is 9.59 Å². The van der Waals surface area contributed by atoms with Crippen LogP contribution < -0.4 is 5.32 Å².